The van der Waals surface area contributed by atoms with Gasteiger partial charge in [0.1, 0.15) is 0 Å². The van der Waals surface area contributed by atoms with E-state index >= 15 is 0 Å². The minimum absolute atomic E-state index is 0.0306. The first-order chi connectivity index (χ1) is 9.43. The molecule has 1 fully saturated rings. The highest BCUT2D eigenvalue weighted by atomic mass is 16.4. The average molecular weight is 274 g/mol. The van der Waals surface area contributed by atoms with Crippen molar-refractivity contribution in [1.29, 1.82) is 0 Å². The van der Waals surface area contributed by atoms with Crippen LogP contribution in [-0.2, 0) is 22.6 Å². The number of rotatable bonds is 2. The number of carboxylic acid groups (broad SMARTS) is 1. The Balaban J connectivity index is 1.76. The van der Waals surface area contributed by atoms with E-state index in [-0.39, 0.29) is 5.91 Å². The van der Waals surface area contributed by atoms with Gasteiger partial charge in [0.05, 0.1) is 11.8 Å². The largest absolute Gasteiger partial charge is 0.481 e. The molecule has 2 heterocycles. The monoisotopic (exact) mass is 274 g/mol. The molecule has 0 aromatic carbocycles. The Morgan fingerprint density at radius 3 is 2.80 bits per heavy atom. The van der Waals surface area contributed by atoms with E-state index in [1.165, 1.54) is 0 Å². The number of aromatic nitrogens is 1. The number of fused-ring (bicyclic) bond motifs is 1. The summed E-state index contributed by atoms with van der Waals surface area (Å²) in [7, 11) is 0. The summed E-state index contributed by atoms with van der Waals surface area (Å²) < 4.78 is 0. The molecule has 0 radical (unpaired) electrons. The molecule has 1 aromatic heterocycles. The van der Waals surface area contributed by atoms with E-state index in [9.17, 15) is 14.7 Å². The summed E-state index contributed by atoms with van der Waals surface area (Å²) in [6.07, 6.45) is 2.51. The van der Waals surface area contributed by atoms with Crippen molar-refractivity contribution >= 4 is 11.9 Å². The van der Waals surface area contributed by atoms with Crippen LogP contribution in [0, 0.1) is 17.3 Å². The van der Waals surface area contributed by atoms with Gasteiger partial charge in [0.2, 0.25) is 5.91 Å². The Morgan fingerprint density at radius 2 is 2.15 bits per heavy atom. The van der Waals surface area contributed by atoms with Gasteiger partial charge >= 0.3 is 5.97 Å². The Bertz CT molecular complexity index is 582. The second-order valence-corrected chi connectivity index (χ2v) is 6.23. The van der Waals surface area contributed by atoms with Gasteiger partial charge in [-0.3, -0.25) is 14.6 Å². The lowest BCUT2D eigenvalue weighted by Gasteiger charge is -2.28. The predicted molar refractivity (Wildman–Crippen MR) is 71.8 cm³/mol. The highest BCUT2D eigenvalue weighted by Gasteiger charge is 2.66. The molecule has 0 saturated heterocycles. The summed E-state index contributed by atoms with van der Waals surface area (Å²) in [5.41, 5.74) is 1.68. The minimum Gasteiger partial charge on any atom is -0.481 e. The molecule has 3 rings (SSSR count). The molecule has 1 aliphatic carbocycles. The topological polar surface area (TPSA) is 70.5 Å². The molecule has 2 aliphatic rings. The molecule has 1 amide bonds. The fraction of sp³-hybridized carbons (Fsp3) is 0.533. The first-order valence-electron chi connectivity index (χ1n) is 6.87. The van der Waals surface area contributed by atoms with Gasteiger partial charge in [-0.25, -0.2) is 0 Å². The number of pyridine rings is 1. The van der Waals surface area contributed by atoms with E-state index in [1.807, 2.05) is 26.0 Å². The van der Waals surface area contributed by atoms with Gasteiger partial charge in [0, 0.05) is 31.4 Å². The van der Waals surface area contributed by atoms with Crippen molar-refractivity contribution in [2.75, 3.05) is 6.54 Å². The number of aliphatic carboxylic acids is 1. The van der Waals surface area contributed by atoms with Crippen molar-refractivity contribution in [3.8, 4) is 0 Å². The van der Waals surface area contributed by atoms with E-state index in [0.29, 0.717) is 13.1 Å². The van der Waals surface area contributed by atoms with Gasteiger partial charge in [0.25, 0.3) is 0 Å². The Hall–Kier alpha value is -1.91. The number of carboxylic acids is 1. The maximum absolute atomic E-state index is 12.5. The SMILES string of the molecule is CC1(C)[C@H](C(=O)O)[C@@H]1C(=O)N1CCc2ncccc2C1. The fourth-order valence-corrected chi connectivity index (χ4v) is 3.31. The lowest BCUT2D eigenvalue weighted by molar-refractivity contribution is -0.142. The van der Waals surface area contributed by atoms with E-state index in [1.54, 1.807) is 11.1 Å². The first-order valence-corrected chi connectivity index (χ1v) is 6.87. The molecule has 0 spiro atoms. The number of carbonyl (C=O) groups is 2. The zero-order valence-corrected chi connectivity index (χ0v) is 11.7. The van der Waals surface area contributed by atoms with Crippen LogP contribution in [0.25, 0.3) is 0 Å². The maximum atomic E-state index is 12.5. The summed E-state index contributed by atoms with van der Waals surface area (Å²) in [6.45, 7) is 4.88. The van der Waals surface area contributed by atoms with Crippen LogP contribution < -0.4 is 0 Å². The zero-order valence-electron chi connectivity index (χ0n) is 11.7. The number of nitrogens with zero attached hydrogens (tertiary/aromatic N) is 2. The van der Waals surface area contributed by atoms with E-state index < -0.39 is 23.2 Å². The van der Waals surface area contributed by atoms with E-state index in [4.69, 9.17) is 0 Å². The van der Waals surface area contributed by atoms with Gasteiger partial charge in [-0.1, -0.05) is 19.9 Å². The van der Waals surface area contributed by atoms with Crippen molar-refractivity contribution in [2.45, 2.75) is 26.8 Å². The first kappa shape index (κ1) is 13.1. The second kappa shape index (κ2) is 4.30. The van der Waals surface area contributed by atoms with Crippen LogP contribution >= 0.6 is 0 Å². The summed E-state index contributed by atoms with van der Waals surface area (Å²) in [6, 6.07) is 3.85. The number of amides is 1. The number of hydrogen-bond acceptors (Lipinski definition) is 3. The molecule has 1 aromatic rings. The lowest BCUT2D eigenvalue weighted by atomic mass is 10.0. The Kier molecular flexibility index (Phi) is 2.81. The van der Waals surface area contributed by atoms with Crippen LogP contribution in [0.1, 0.15) is 25.1 Å². The molecular formula is C15H18N2O3. The Labute approximate surface area is 117 Å². The number of carbonyl (C=O) groups excluding carboxylic acids is 1. The molecule has 5 nitrogen and oxygen atoms in total. The van der Waals surface area contributed by atoms with E-state index in [0.717, 1.165) is 17.7 Å². The van der Waals surface area contributed by atoms with Crippen LogP contribution in [0.4, 0.5) is 0 Å². The molecule has 0 bridgehead atoms. The van der Waals surface area contributed by atoms with Crippen LogP contribution in [0.15, 0.2) is 18.3 Å². The highest BCUT2D eigenvalue weighted by Crippen LogP contribution is 2.59. The highest BCUT2D eigenvalue weighted by molar-refractivity contribution is 5.91. The molecule has 1 saturated carbocycles. The predicted octanol–water partition coefficient (Wildman–Crippen LogP) is 1.32. The second-order valence-electron chi connectivity index (χ2n) is 6.23. The van der Waals surface area contributed by atoms with Crippen molar-refractivity contribution < 1.29 is 14.7 Å². The van der Waals surface area contributed by atoms with Crippen molar-refractivity contribution in [3.05, 3.63) is 29.6 Å². The van der Waals surface area contributed by atoms with Crippen LogP contribution in [0.3, 0.4) is 0 Å². The third-order valence-corrected chi connectivity index (χ3v) is 4.64. The van der Waals surface area contributed by atoms with Gasteiger partial charge in [-0.2, -0.15) is 0 Å². The van der Waals surface area contributed by atoms with Crippen LogP contribution in [0.2, 0.25) is 0 Å². The maximum Gasteiger partial charge on any atom is 0.307 e. The molecule has 1 N–H and O–H groups in total. The van der Waals surface area contributed by atoms with Crippen molar-refractivity contribution in [3.63, 3.8) is 0 Å². The fourth-order valence-electron chi connectivity index (χ4n) is 3.31. The molecule has 106 valence electrons. The molecule has 5 heteroatoms. The van der Waals surface area contributed by atoms with E-state index in [2.05, 4.69) is 4.98 Å². The standard InChI is InChI=1S/C15H18N2O3/c1-15(2)11(12(15)14(19)20)13(18)17-7-5-10-9(8-17)4-3-6-16-10/h3-4,6,11-12H,5,7-8H2,1-2H3,(H,19,20)/t11-,12+/m1/s1. The minimum atomic E-state index is -0.868. The molecule has 0 unspecified atom stereocenters. The van der Waals surface area contributed by atoms with Crippen LogP contribution in [-0.4, -0.2) is 33.4 Å². The van der Waals surface area contributed by atoms with Gasteiger partial charge in [0.15, 0.2) is 0 Å². The molecule has 20 heavy (non-hydrogen) atoms. The van der Waals surface area contributed by atoms with Crippen molar-refractivity contribution in [1.82, 2.24) is 9.88 Å². The smallest absolute Gasteiger partial charge is 0.307 e. The van der Waals surface area contributed by atoms with Gasteiger partial charge in [-0.05, 0) is 17.0 Å². The zero-order chi connectivity index (χ0) is 14.5. The molecule has 2 atom stereocenters. The Morgan fingerprint density at radius 1 is 1.40 bits per heavy atom. The van der Waals surface area contributed by atoms with Crippen molar-refractivity contribution in [2.24, 2.45) is 17.3 Å². The third-order valence-electron chi connectivity index (χ3n) is 4.64. The normalized spacial score (nSPS) is 26.8. The quantitative estimate of drug-likeness (QED) is 0.883. The summed E-state index contributed by atoms with van der Waals surface area (Å²) in [4.78, 5) is 29.8. The average Bonchev–Trinajstić information content (AvgIpc) is 3.00. The van der Waals surface area contributed by atoms with Gasteiger partial charge in [-0.15, -0.1) is 0 Å². The molecular weight excluding hydrogens is 256 g/mol. The van der Waals surface area contributed by atoms with Gasteiger partial charge < -0.3 is 10.0 Å². The third kappa shape index (κ3) is 1.88. The number of hydrogen-bond donors (Lipinski definition) is 1. The van der Waals surface area contributed by atoms with Crippen LogP contribution in [0.5, 0.6) is 0 Å². The summed E-state index contributed by atoms with van der Waals surface area (Å²) in [5, 5.41) is 9.18. The lowest BCUT2D eigenvalue weighted by Crippen LogP contribution is -2.38. The molecule has 1 aliphatic heterocycles. The summed E-state index contributed by atoms with van der Waals surface area (Å²) in [5.74, 6) is -1.84. The summed E-state index contributed by atoms with van der Waals surface area (Å²) >= 11 is 0.